The second kappa shape index (κ2) is 6.01. The minimum Gasteiger partial charge on any atom is -0.322 e. The first-order valence-corrected chi connectivity index (χ1v) is 7.19. The number of hydrogen-bond donors (Lipinski definition) is 1. The zero-order chi connectivity index (χ0) is 14.9. The number of hydrogen-bond acceptors (Lipinski definition) is 1. The molecule has 1 N–H and O–H groups in total. The fourth-order valence-electron chi connectivity index (χ4n) is 1.65. The lowest BCUT2D eigenvalue weighted by Gasteiger charge is -2.11. The molecular weight excluding hydrogens is 396 g/mol. The van der Waals surface area contributed by atoms with E-state index in [2.05, 4.69) is 37.2 Å². The highest BCUT2D eigenvalue weighted by Gasteiger charge is 2.15. The zero-order valence-electron chi connectivity index (χ0n) is 10.3. The van der Waals surface area contributed by atoms with Crippen LogP contribution in [0.5, 0.6) is 0 Å². The van der Waals surface area contributed by atoms with Gasteiger partial charge in [-0.25, -0.2) is 8.78 Å². The summed E-state index contributed by atoms with van der Waals surface area (Å²) in [5.74, 6) is -1.40. The SMILES string of the molecule is Cc1cc(F)c(Br)cc1NC(=O)c1cccc(F)c1Br. The van der Waals surface area contributed by atoms with Crippen molar-refractivity contribution >= 4 is 43.5 Å². The van der Waals surface area contributed by atoms with E-state index in [1.54, 1.807) is 6.92 Å². The van der Waals surface area contributed by atoms with Crippen molar-refractivity contribution in [1.82, 2.24) is 0 Å². The fraction of sp³-hybridized carbons (Fsp3) is 0.0714. The van der Waals surface area contributed by atoms with E-state index in [-0.39, 0.29) is 14.5 Å². The number of carbonyl (C=O) groups is 1. The van der Waals surface area contributed by atoms with Gasteiger partial charge in [0.25, 0.3) is 5.91 Å². The van der Waals surface area contributed by atoms with E-state index in [0.29, 0.717) is 11.3 Å². The van der Waals surface area contributed by atoms with E-state index in [1.165, 1.54) is 30.3 Å². The van der Waals surface area contributed by atoms with Crippen LogP contribution in [0.25, 0.3) is 0 Å². The predicted octanol–water partition coefficient (Wildman–Crippen LogP) is 5.05. The molecule has 104 valence electrons. The number of rotatable bonds is 2. The van der Waals surface area contributed by atoms with Gasteiger partial charge < -0.3 is 5.32 Å². The van der Waals surface area contributed by atoms with E-state index in [1.807, 2.05) is 0 Å². The predicted molar refractivity (Wildman–Crippen MR) is 80.9 cm³/mol. The Labute approximate surface area is 131 Å². The smallest absolute Gasteiger partial charge is 0.256 e. The standard InChI is InChI=1S/C14H9Br2F2NO/c1-7-5-11(18)9(15)6-12(7)19-14(20)8-3-2-4-10(17)13(8)16/h2-6H,1H3,(H,19,20). The zero-order valence-corrected chi connectivity index (χ0v) is 13.5. The summed E-state index contributed by atoms with van der Waals surface area (Å²) in [6, 6.07) is 6.97. The van der Waals surface area contributed by atoms with Crippen LogP contribution < -0.4 is 5.32 Å². The van der Waals surface area contributed by atoms with E-state index >= 15 is 0 Å². The maximum atomic E-state index is 13.4. The number of carbonyl (C=O) groups excluding carboxylic acids is 1. The van der Waals surface area contributed by atoms with Crippen molar-refractivity contribution in [1.29, 1.82) is 0 Å². The molecule has 2 nitrogen and oxygen atoms in total. The first-order valence-electron chi connectivity index (χ1n) is 5.61. The number of halogens is 4. The van der Waals surface area contributed by atoms with E-state index < -0.39 is 17.5 Å². The third-order valence-electron chi connectivity index (χ3n) is 2.71. The Morgan fingerprint density at radius 2 is 1.85 bits per heavy atom. The summed E-state index contributed by atoms with van der Waals surface area (Å²) in [6.07, 6.45) is 0. The minimum absolute atomic E-state index is 0.0938. The largest absolute Gasteiger partial charge is 0.322 e. The molecule has 2 rings (SSSR count). The van der Waals surface area contributed by atoms with Crippen LogP contribution in [-0.4, -0.2) is 5.91 Å². The van der Waals surface area contributed by atoms with Crippen LogP contribution in [0.3, 0.4) is 0 Å². The summed E-state index contributed by atoms with van der Waals surface area (Å²) in [5.41, 5.74) is 1.20. The Balaban J connectivity index is 2.33. The normalized spacial score (nSPS) is 10.4. The van der Waals surface area contributed by atoms with Crippen molar-refractivity contribution in [3.05, 3.63) is 62.0 Å². The Morgan fingerprint density at radius 1 is 1.15 bits per heavy atom. The van der Waals surface area contributed by atoms with Crippen LogP contribution in [0.15, 0.2) is 39.3 Å². The Bertz CT molecular complexity index is 689. The third kappa shape index (κ3) is 3.07. The molecule has 2 aromatic rings. The van der Waals surface area contributed by atoms with Gasteiger partial charge in [-0.3, -0.25) is 4.79 Å². The fourth-order valence-corrected chi connectivity index (χ4v) is 2.44. The highest BCUT2D eigenvalue weighted by Crippen LogP contribution is 2.26. The second-order valence-corrected chi connectivity index (χ2v) is 5.78. The number of anilines is 1. The van der Waals surface area contributed by atoms with Crippen LogP contribution in [0.1, 0.15) is 15.9 Å². The van der Waals surface area contributed by atoms with Crippen molar-refractivity contribution in [2.24, 2.45) is 0 Å². The molecule has 0 atom stereocenters. The van der Waals surface area contributed by atoms with Gasteiger partial charge >= 0.3 is 0 Å². The Hall–Kier alpha value is -1.27. The lowest BCUT2D eigenvalue weighted by atomic mass is 10.1. The van der Waals surface area contributed by atoms with Gasteiger partial charge in [0.15, 0.2) is 0 Å². The Kier molecular flexibility index (Phi) is 4.55. The van der Waals surface area contributed by atoms with Crippen LogP contribution in [-0.2, 0) is 0 Å². The summed E-state index contributed by atoms with van der Waals surface area (Å²) in [5, 5.41) is 2.63. The summed E-state index contributed by atoms with van der Waals surface area (Å²) >= 11 is 6.09. The molecule has 6 heteroatoms. The van der Waals surface area contributed by atoms with Gasteiger partial charge in [0.2, 0.25) is 0 Å². The van der Waals surface area contributed by atoms with Crippen LogP contribution in [0, 0.1) is 18.6 Å². The van der Waals surface area contributed by atoms with E-state index in [9.17, 15) is 13.6 Å². The van der Waals surface area contributed by atoms with Gasteiger partial charge in [0.05, 0.1) is 14.5 Å². The summed E-state index contributed by atoms with van der Waals surface area (Å²) < 4.78 is 27.1. The molecule has 20 heavy (non-hydrogen) atoms. The molecule has 0 saturated heterocycles. The van der Waals surface area contributed by atoms with Crippen LogP contribution in [0.2, 0.25) is 0 Å². The van der Waals surface area contributed by atoms with Gasteiger partial charge in [-0.05, 0) is 68.6 Å². The maximum absolute atomic E-state index is 13.4. The van der Waals surface area contributed by atoms with Crippen molar-refractivity contribution in [2.75, 3.05) is 5.32 Å². The quantitative estimate of drug-likeness (QED) is 0.745. The van der Waals surface area contributed by atoms with Crippen molar-refractivity contribution in [3.8, 4) is 0 Å². The molecule has 2 aromatic carbocycles. The average Bonchev–Trinajstić information content (AvgIpc) is 2.39. The molecule has 0 bridgehead atoms. The van der Waals surface area contributed by atoms with Gasteiger partial charge in [-0.2, -0.15) is 0 Å². The first kappa shape index (κ1) is 15.1. The number of benzene rings is 2. The highest BCUT2D eigenvalue weighted by molar-refractivity contribution is 9.10. The molecule has 0 saturated carbocycles. The highest BCUT2D eigenvalue weighted by atomic mass is 79.9. The van der Waals surface area contributed by atoms with Gasteiger partial charge in [0, 0.05) is 5.69 Å². The Morgan fingerprint density at radius 3 is 2.55 bits per heavy atom. The molecule has 0 aliphatic heterocycles. The molecule has 0 fully saturated rings. The summed E-state index contributed by atoms with van der Waals surface area (Å²) in [7, 11) is 0. The summed E-state index contributed by atoms with van der Waals surface area (Å²) in [4.78, 5) is 12.1. The number of nitrogens with one attached hydrogen (secondary N) is 1. The molecule has 0 radical (unpaired) electrons. The molecular formula is C14H9Br2F2NO. The van der Waals surface area contributed by atoms with Crippen LogP contribution >= 0.6 is 31.9 Å². The van der Waals surface area contributed by atoms with E-state index in [4.69, 9.17) is 0 Å². The molecule has 0 aromatic heterocycles. The number of aryl methyl sites for hydroxylation is 1. The van der Waals surface area contributed by atoms with Gasteiger partial charge in [0.1, 0.15) is 11.6 Å². The maximum Gasteiger partial charge on any atom is 0.256 e. The molecule has 1 amide bonds. The average molecular weight is 405 g/mol. The minimum atomic E-state index is -0.519. The van der Waals surface area contributed by atoms with Gasteiger partial charge in [-0.1, -0.05) is 6.07 Å². The lowest BCUT2D eigenvalue weighted by molar-refractivity contribution is 0.102. The molecule has 0 aliphatic rings. The second-order valence-electron chi connectivity index (χ2n) is 4.14. The van der Waals surface area contributed by atoms with Gasteiger partial charge in [-0.15, -0.1) is 0 Å². The first-order chi connectivity index (χ1) is 9.40. The topological polar surface area (TPSA) is 29.1 Å². The van der Waals surface area contributed by atoms with Crippen molar-refractivity contribution < 1.29 is 13.6 Å². The molecule has 0 heterocycles. The lowest BCUT2D eigenvalue weighted by Crippen LogP contribution is -2.14. The molecule has 0 unspecified atom stereocenters. The number of amides is 1. The van der Waals surface area contributed by atoms with Crippen molar-refractivity contribution in [2.45, 2.75) is 6.92 Å². The molecule has 0 spiro atoms. The monoisotopic (exact) mass is 403 g/mol. The molecule has 0 aliphatic carbocycles. The van der Waals surface area contributed by atoms with E-state index in [0.717, 1.165) is 0 Å². The third-order valence-corrected chi connectivity index (χ3v) is 4.13. The summed E-state index contributed by atoms with van der Waals surface area (Å²) in [6.45, 7) is 1.67. The van der Waals surface area contributed by atoms with Crippen molar-refractivity contribution in [3.63, 3.8) is 0 Å². The van der Waals surface area contributed by atoms with Crippen LogP contribution in [0.4, 0.5) is 14.5 Å².